The second-order valence-corrected chi connectivity index (χ2v) is 6.22. The summed E-state index contributed by atoms with van der Waals surface area (Å²) in [7, 11) is 2.78. The molecule has 0 atom stereocenters. The molecular formula is C20H18N2O6. The Labute approximate surface area is 160 Å². The van der Waals surface area contributed by atoms with Gasteiger partial charge in [-0.3, -0.25) is 14.9 Å². The number of non-ortho nitro benzene ring substituents is 1. The van der Waals surface area contributed by atoms with E-state index in [1.807, 2.05) is 0 Å². The summed E-state index contributed by atoms with van der Waals surface area (Å²) in [6.45, 7) is 1.91. The second-order valence-electron chi connectivity index (χ2n) is 6.22. The molecule has 0 aliphatic carbocycles. The zero-order valence-electron chi connectivity index (χ0n) is 15.6. The van der Waals surface area contributed by atoms with E-state index in [4.69, 9.17) is 9.47 Å². The molecule has 8 heteroatoms. The highest BCUT2D eigenvalue weighted by Crippen LogP contribution is 2.26. The molecule has 0 bridgehead atoms. The number of nitro benzene ring substituents is 1. The van der Waals surface area contributed by atoms with Crippen molar-refractivity contribution in [2.75, 3.05) is 14.2 Å². The highest BCUT2D eigenvalue weighted by Gasteiger charge is 2.19. The third kappa shape index (κ3) is 3.32. The maximum Gasteiger partial charge on any atom is 0.337 e. The number of benzene rings is 2. The predicted molar refractivity (Wildman–Crippen MR) is 103 cm³/mol. The molecule has 0 N–H and O–H groups in total. The summed E-state index contributed by atoms with van der Waals surface area (Å²) < 4.78 is 11.9. The highest BCUT2D eigenvalue weighted by atomic mass is 16.6. The van der Waals surface area contributed by atoms with Gasteiger partial charge in [-0.15, -0.1) is 0 Å². The molecule has 0 radical (unpaired) electrons. The quantitative estimate of drug-likeness (QED) is 0.382. The summed E-state index contributed by atoms with van der Waals surface area (Å²) in [5.41, 5.74) is 1.33. The number of methoxy groups -OCH3 is 2. The van der Waals surface area contributed by atoms with Gasteiger partial charge in [-0.25, -0.2) is 4.79 Å². The van der Waals surface area contributed by atoms with Gasteiger partial charge in [-0.05, 0) is 25.1 Å². The number of aryl methyl sites for hydroxylation is 1. The second kappa shape index (κ2) is 7.51. The number of esters is 1. The largest absolute Gasteiger partial charge is 0.496 e. The summed E-state index contributed by atoms with van der Waals surface area (Å²) in [5.74, 6) is -0.0111. The van der Waals surface area contributed by atoms with E-state index >= 15 is 0 Å². The Morgan fingerprint density at radius 2 is 1.96 bits per heavy atom. The van der Waals surface area contributed by atoms with Crippen LogP contribution in [0.5, 0.6) is 5.75 Å². The van der Waals surface area contributed by atoms with Crippen LogP contribution >= 0.6 is 0 Å². The molecule has 28 heavy (non-hydrogen) atoms. The molecule has 1 heterocycles. The number of carbonyl (C=O) groups excluding carboxylic acids is 1. The van der Waals surface area contributed by atoms with Gasteiger partial charge in [0.2, 0.25) is 0 Å². The molecule has 0 saturated carbocycles. The molecule has 144 valence electrons. The average Bonchev–Trinajstić information content (AvgIpc) is 2.70. The molecule has 0 spiro atoms. The number of hydrogen-bond donors (Lipinski definition) is 0. The summed E-state index contributed by atoms with van der Waals surface area (Å²) >= 11 is 0. The summed E-state index contributed by atoms with van der Waals surface area (Å²) in [6.07, 6.45) is 1.65. The van der Waals surface area contributed by atoms with Crippen LogP contribution < -0.4 is 10.2 Å². The van der Waals surface area contributed by atoms with Gasteiger partial charge < -0.3 is 14.0 Å². The number of fused-ring (bicyclic) bond motifs is 1. The minimum Gasteiger partial charge on any atom is -0.496 e. The zero-order valence-corrected chi connectivity index (χ0v) is 15.6. The average molecular weight is 382 g/mol. The van der Waals surface area contributed by atoms with Crippen molar-refractivity contribution in [1.82, 2.24) is 4.57 Å². The summed E-state index contributed by atoms with van der Waals surface area (Å²) in [6, 6.07) is 9.44. The number of aromatic nitrogens is 1. The first-order chi connectivity index (χ1) is 13.4. The van der Waals surface area contributed by atoms with E-state index in [2.05, 4.69) is 0 Å². The molecule has 0 aliphatic heterocycles. The first-order valence-electron chi connectivity index (χ1n) is 8.39. The molecule has 0 amide bonds. The Morgan fingerprint density at radius 1 is 1.21 bits per heavy atom. The molecular weight excluding hydrogens is 364 g/mol. The standard InChI is InChI=1S/C20H18N2O6/c1-12-10-21(15-5-4-6-16(22(25)26)18(15)19(12)23)11-14-8-7-13(20(24)28-3)9-17(14)27-2/h4-10H,11H2,1-3H3. The van der Waals surface area contributed by atoms with E-state index in [0.717, 1.165) is 5.56 Å². The van der Waals surface area contributed by atoms with Crippen LogP contribution in [0.25, 0.3) is 10.9 Å². The lowest BCUT2D eigenvalue weighted by molar-refractivity contribution is -0.383. The van der Waals surface area contributed by atoms with Crippen molar-refractivity contribution in [1.29, 1.82) is 0 Å². The van der Waals surface area contributed by atoms with Gasteiger partial charge in [0, 0.05) is 23.4 Å². The van der Waals surface area contributed by atoms with Crippen molar-refractivity contribution in [2.24, 2.45) is 0 Å². The topological polar surface area (TPSA) is 101 Å². The van der Waals surface area contributed by atoms with E-state index in [1.165, 1.54) is 20.3 Å². The zero-order chi connectivity index (χ0) is 20.4. The third-order valence-corrected chi connectivity index (χ3v) is 4.51. The van der Waals surface area contributed by atoms with Gasteiger partial charge in [0.05, 0.1) is 36.8 Å². The van der Waals surface area contributed by atoms with Crippen LogP contribution in [-0.2, 0) is 11.3 Å². The molecule has 2 aromatic carbocycles. The van der Waals surface area contributed by atoms with Gasteiger partial charge in [0.1, 0.15) is 11.1 Å². The Balaban J connectivity index is 2.17. The Morgan fingerprint density at radius 3 is 2.61 bits per heavy atom. The third-order valence-electron chi connectivity index (χ3n) is 4.51. The lowest BCUT2D eigenvalue weighted by Gasteiger charge is -2.15. The molecule has 3 aromatic rings. The van der Waals surface area contributed by atoms with Crippen molar-refractivity contribution >= 4 is 22.6 Å². The molecule has 0 fully saturated rings. The van der Waals surface area contributed by atoms with Crippen molar-refractivity contribution in [3.05, 3.63) is 79.6 Å². The minimum absolute atomic E-state index is 0.0673. The van der Waals surface area contributed by atoms with Crippen molar-refractivity contribution in [3.63, 3.8) is 0 Å². The Hall–Kier alpha value is -3.68. The number of ether oxygens (including phenoxy) is 2. The predicted octanol–water partition coefficient (Wildman–Crippen LogP) is 3.06. The van der Waals surface area contributed by atoms with Crippen LogP contribution in [0.2, 0.25) is 0 Å². The van der Waals surface area contributed by atoms with E-state index in [9.17, 15) is 19.7 Å². The van der Waals surface area contributed by atoms with E-state index in [1.54, 1.807) is 48.0 Å². The van der Waals surface area contributed by atoms with Crippen LogP contribution in [-0.4, -0.2) is 29.7 Å². The normalized spacial score (nSPS) is 10.7. The molecule has 1 aromatic heterocycles. The van der Waals surface area contributed by atoms with E-state index in [0.29, 0.717) is 28.9 Å². The molecule has 8 nitrogen and oxygen atoms in total. The van der Waals surface area contributed by atoms with Crippen LogP contribution in [0, 0.1) is 17.0 Å². The fourth-order valence-corrected chi connectivity index (χ4v) is 3.15. The van der Waals surface area contributed by atoms with Gasteiger partial charge >= 0.3 is 5.97 Å². The van der Waals surface area contributed by atoms with Gasteiger partial charge in [-0.1, -0.05) is 12.1 Å². The maximum atomic E-state index is 12.5. The lowest BCUT2D eigenvalue weighted by Crippen LogP contribution is -2.15. The van der Waals surface area contributed by atoms with Crippen LogP contribution in [0.1, 0.15) is 21.5 Å². The number of rotatable bonds is 5. The number of carbonyl (C=O) groups is 1. The smallest absolute Gasteiger partial charge is 0.337 e. The van der Waals surface area contributed by atoms with Crippen molar-refractivity contribution in [3.8, 4) is 5.75 Å². The SMILES string of the molecule is COC(=O)c1ccc(Cn2cc(C)c(=O)c3c([N+](=O)[O-])cccc32)c(OC)c1. The molecule has 0 aliphatic rings. The maximum absolute atomic E-state index is 12.5. The Bertz CT molecular complexity index is 1150. The minimum atomic E-state index is -0.556. The monoisotopic (exact) mass is 382 g/mol. The van der Waals surface area contributed by atoms with Gasteiger partial charge in [0.15, 0.2) is 5.43 Å². The molecule has 0 unspecified atom stereocenters. The first-order valence-corrected chi connectivity index (χ1v) is 8.39. The van der Waals surface area contributed by atoms with Gasteiger partial charge in [0.25, 0.3) is 5.69 Å². The van der Waals surface area contributed by atoms with Crippen LogP contribution in [0.3, 0.4) is 0 Å². The van der Waals surface area contributed by atoms with Gasteiger partial charge in [-0.2, -0.15) is 0 Å². The molecule has 0 saturated heterocycles. The van der Waals surface area contributed by atoms with Crippen molar-refractivity contribution < 1.29 is 19.2 Å². The fourth-order valence-electron chi connectivity index (χ4n) is 3.15. The summed E-state index contributed by atoms with van der Waals surface area (Å²) in [4.78, 5) is 35.1. The van der Waals surface area contributed by atoms with Crippen LogP contribution in [0.4, 0.5) is 5.69 Å². The number of hydrogen-bond acceptors (Lipinski definition) is 6. The lowest BCUT2D eigenvalue weighted by atomic mass is 10.1. The molecule has 3 rings (SSSR count). The fraction of sp³-hybridized carbons (Fsp3) is 0.200. The Kier molecular flexibility index (Phi) is 5.12. The first kappa shape index (κ1) is 19.1. The highest BCUT2D eigenvalue weighted by molar-refractivity contribution is 5.90. The van der Waals surface area contributed by atoms with E-state index < -0.39 is 10.9 Å². The van der Waals surface area contributed by atoms with Crippen LogP contribution in [0.15, 0.2) is 47.4 Å². The number of pyridine rings is 1. The number of nitrogens with zero attached hydrogens (tertiary/aromatic N) is 2. The number of nitro groups is 1. The van der Waals surface area contributed by atoms with Crippen molar-refractivity contribution in [2.45, 2.75) is 13.5 Å². The van der Waals surface area contributed by atoms with E-state index in [-0.39, 0.29) is 16.5 Å². The summed E-state index contributed by atoms with van der Waals surface area (Å²) in [5, 5.41) is 11.4.